The molecule has 0 radical (unpaired) electrons. The molecular formula is C24H25ClN4O3. The summed E-state index contributed by atoms with van der Waals surface area (Å²) in [5.41, 5.74) is 0.297. The Morgan fingerprint density at radius 3 is 2.53 bits per heavy atom. The molecule has 2 N–H and O–H groups in total. The van der Waals surface area contributed by atoms with Crippen molar-refractivity contribution < 1.29 is 4.79 Å². The Kier molecular flexibility index (Phi) is 9.38. The van der Waals surface area contributed by atoms with Gasteiger partial charge >= 0.3 is 5.69 Å². The first-order valence-corrected chi connectivity index (χ1v) is 10.3. The van der Waals surface area contributed by atoms with Crippen LogP contribution in [0.4, 0.5) is 0 Å². The fourth-order valence-electron chi connectivity index (χ4n) is 2.93. The third-order valence-electron chi connectivity index (χ3n) is 4.38. The number of carbonyl (C=O) groups excluding carboxylic acids is 1. The van der Waals surface area contributed by atoms with Crippen LogP contribution < -0.4 is 16.6 Å². The van der Waals surface area contributed by atoms with Crippen LogP contribution in [-0.4, -0.2) is 27.2 Å². The number of nitrogens with one attached hydrogen (secondary N) is 2. The number of nitrogens with zero attached hydrogens (tertiary/aromatic N) is 2. The second-order valence-corrected chi connectivity index (χ2v) is 7.17. The van der Waals surface area contributed by atoms with Gasteiger partial charge in [-0.05, 0) is 37.1 Å². The van der Waals surface area contributed by atoms with Gasteiger partial charge in [-0.15, -0.1) is 13.2 Å². The molecule has 166 valence electrons. The lowest BCUT2D eigenvalue weighted by Crippen LogP contribution is -2.31. The number of benzene rings is 2. The van der Waals surface area contributed by atoms with E-state index in [2.05, 4.69) is 28.6 Å². The monoisotopic (exact) mass is 452 g/mol. The standard InChI is InChI=1S/C21H19ClN4O3.C3H6/c1-2-6-15(14-7-4-3-5-8-14)12-23-20(28)17-11-16(9-10-18(17)22)26-21(29)25-19(27)13-24-26;1-3-2/h2-5,7-11,13,15H,1,6,12H2,(H,23,28)(H,25,27,29);3H,1H2,2H3. The first-order chi connectivity index (χ1) is 15.4. The average molecular weight is 453 g/mol. The average Bonchev–Trinajstić information content (AvgIpc) is 2.78. The molecule has 0 saturated carbocycles. The van der Waals surface area contributed by atoms with Crippen molar-refractivity contribution in [1.29, 1.82) is 0 Å². The molecule has 1 atom stereocenters. The quantitative estimate of drug-likeness (QED) is 0.532. The minimum Gasteiger partial charge on any atom is -0.351 e. The van der Waals surface area contributed by atoms with E-state index in [0.29, 0.717) is 18.7 Å². The van der Waals surface area contributed by atoms with Crippen LogP contribution in [0, 0.1) is 0 Å². The molecule has 1 heterocycles. The SMILES string of the molecule is C=CC.C=CCC(CNC(=O)c1cc(-n2ncc(=O)[nH]c2=O)ccc1Cl)c1ccccc1. The van der Waals surface area contributed by atoms with Gasteiger partial charge in [-0.2, -0.15) is 9.78 Å². The van der Waals surface area contributed by atoms with Gasteiger partial charge in [0, 0.05) is 12.5 Å². The van der Waals surface area contributed by atoms with Gasteiger partial charge in [0.05, 0.1) is 16.3 Å². The van der Waals surface area contributed by atoms with Crippen LogP contribution in [-0.2, 0) is 0 Å². The summed E-state index contributed by atoms with van der Waals surface area (Å²) in [6.45, 7) is 9.43. The first-order valence-electron chi connectivity index (χ1n) is 9.90. The predicted octanol–water partition coefficient (Wildman–Crippen LogP) is 3.86. The summed E-state index contributed by atoms with van der Waals surface area (Å²) in [6.07, 6.45) is 5.25. The molecule has 0 bridgehead atoms. The smallest absolute Gasteiger partial charge is 0.349 e. The maximum Gasteiger partial charge on any atom is 0.349 e. The van der Waals surface area contributed by atoms with Crippen molar-refractivity contribution in [3.05, 3.63) is 117 Å². The fraction of sp³-hybridized carbons (Fsp3) is 0.167. The molecular weight excluding hydrogens is 428 g/mol. The zero-order valence-electron chi connectivity index (χ0n) is 17.8. The Balaban J connectivity index is 0.00000114. The lowest BCUT2D eigenvalue weighted by atomic mass is 9.95. The number of hydrogen-bond donors (Lipinski definition) is 2. The summed E-state index contributed by atoms with van der Waals surface area (Å²) in [5, 5.41) is 6.92. The highest BCUT2D eigenvalue weighted by atomic mass is 35.5. The number of aromatic nitrogens is 3. The highest BCUT2D eigenvalue weighted by Crippen LogP contribution is 2.21. The summed E-state index contributed by atoms with van der Waals surface area (Å²) in [6, 6.07) is 14.3. The minimum atomic E-state index is -0.707. The van der Waals surface area contributed by atoms with Crippen LogP contribution in [0.1, 0.15) is 35.2 Å². The van der Waals surface area contributed by atoms with Gasteiger partial charge in [0.1, 0.15) is 6.20 Å². The molecule has 0 spiro atoms. The molecule has 0 saturated heterocycles. The number of amides is 1. The number of allylic oxidation sites excluding steroid dienone is 2. The fourth-order valence-corrected chi connectivity index (χ4v) is 3.13. The van der Waals surface area contributed by atoms with Crippen LogP contribution in [0.15, 0.2) is 89.6 Å². The summed E-state index contributed by atoms with van der Waals surface area (Å²) in [4.78, 5) is 38.0. The van der Waals surface area contributed by atoms with Gasteiger partial charge in [0.25, 0.3) is 11.5 Å². The molecule has 0 aliphatic heterocycles. The largest absolute Gasteiger partial charge is 0.351 e. The zero-order chi connectivity index (χ0) is 23.5. The van der Waals surface area contributed by atoms with E-state index in [0.717, 1.165) is 16.4 Å². The normalized spacial score (nSPS) is 10.9. The van der Waals surface area contributed by atoms with E-state index < -0.39 is 11.2 Å². The second-order valence-electron chi connectivity index (χ2n) is 6.77. The summed E-state index contributed by atoms with van der Waals surface area (Å²) < 4.78 is 0.985. The summed E-state index contributed by atoms with van der Waals surface area (Å²) >= 11 is 6.19. The molecule has 8 heteroatoms. The van der Waals surface area contributed by atoms with Crippen molar-refractivity contribution in [2.75, 3.05) is 6.54 Å². The molecule has 1 unspecified atom stereocenters. The molecule has 7 nitrogen and oxygen atoms in total. The summed E-state index contributed by atoms with van der Waals surface area (Å²) in [5.74, 6) is -0.303. The van der Waals surface area contributed by atoms with E-state index in [-0.39, 0.29) is 22.4 Å². The number of halogens is 1. The van der Waals surface area contributed by atoms with Gasteiger partial charge in [-0.3, -0.25) is 14.6 Å². The molecule has 0 fully saturated rings. The van der Waals surface area contributed by atoms with Gasteiger partial charge < -0.3 is 5.32 Å². The van der Waals surface area contributed by atoms with E-state index >= 15 is 0 Å². The zero-order valence-corrected chi connectivity index (χ0v) is 18.5. The van der Waals surface area contributed by atoms with Crippen LogP contribution >= 0.6 is 11.6 Å². The topological polar surface area (TPSA) is 96.8 Å². The first kappa shape index (κ1) is 24.6. The van der Waals surface area contributed by atoms with Crippen molar-refractivity contribution in [3.63, 3.8) is 0 Å². The van der Waals surface area contributed by atoms with Crippen LogP contribution in [0.5, 0.6) is 0 Å². The molecule has 32 heavy (non-hydrogen) atoms. The maximum atomic E-state index is 12.7. The molecule has 3 rings (SSSR count). The number of H-pyrrole nitrogens is 1. The summed E-state index contributed by atoms with van der Waals surface area (Å²) in [7, 11) is 0. The van der Waals surface area contributed by atoms with Crippen molar-refractivity contribution in [1.82, 2.24) is 20.1 Å². The highest BCUT2D eigenvalue weighted by Gasteiger charge is 2.16. The van der Waals surface area contributed by atoms with E-state index in [1.54, 1.807) is 6.08 Å². The number of rotatable bonds is 7. The molecule has 3 aromatic rings. The van der Waals surface area contributed by atoms with Gasteiger partial charge in [-0.25, -0.2) is 4.79 Å². The van der Waals surface area contributed by atoms with Gasteiger partial charge in [0.2, 0.25) is 0 Å². The van der Waals surface area contributed by atoms with E-state index in [4.69, 9.17) is 11.6 Å². The lowest BCUT2D eigenvalue weighted by Gasteiger charge is -2.17. The van der Waals surface area contributed by atoms with Crippen LogP contribution in [0.3, 0.4) is 0 Å². The Bertz CT molecular complexity index is 1190. The molecule has 1 amide bonds. The minimum absolute atomic E-state index is 0.0723. The Labute approximate surface area is 191 Å². The maximum absolute atomic E-state index is 12.7. The molecule has 0 aliphatic rings. The van der Waals surface area contributed by atoms with Crippen molar-refractivity contribution in [2.45, 2.75) is 19.3 Å². The van der Waals surface area contributed by atoms with Crippen LogP contribution in [0.2, 0.25) is 5.02 Å². The molecule has 1 aromatic heterocycles. The number of aromatic amines is 1. The van der Waals surface area contributed by atoms with Gasteiger partial charge in [-0.1, -0.05) is 54.1 Å². The molecule has 0 aliphatic carbocycles. The lowest BCUT2D eigenvalue weighted by molar-refractivity contribution is 0.0951. The predicted molar refractivity (Wildman–Crippen MR) is 128 cm³/mol. The highest BCUT2D eigenvalue weighted by molar-refractivity contribution is 6.33. The van der Waals surface area contributed by atoms with Crippen molar-refractivity contribution >= 4 is 17.5 Å². The van der Waals surface area contributed by atoms with Crippen molar-refractivity contribution in [2.24, 2.45) is 0 Å². The third-order valence-corrected chi connectivity index (χ3v) is 4.71. The number of carbonyl (C=O) groups is 1. The second kappa shape index (κ2) is 12.2. The van der Waals surface area contributed by atoms with Crippen LogP contribution in [0.25, 0.3) is 5.69 Å². The Morgan fingerprint density at radius 1 is 1.22 bits per heavy atom. The van der Waals surface area contributed by atoms with Gasteiger partial charge in [0.15, 0.2) is 0 Å². The van der Waals surface area contributed by atoms with E-state index in [9.17, 15) is 14.4 Å². The van der Waals surface area contributed by atoms with Crippen molar-refractivity contribution in [3.8, 4) is 5.69 Å². The number of hydrogen-bond acceptors (Lipinski definition) is 4. The third kappa shape index (κ3) is 6.65. The van der Waals surface area contributed by atoms with E-state index in [1.165, 1.54) is 18.2 Å². The Hall–Kier alpha value is -3.71. The Morgan fingerprint density at radius 2 is 1.91 bits per heavy atom. The van der Waals surface area contributed by atoms with E-state index in [1.807, 2.05) is 43.3 Å². The molecule has 2 aromatic carbocycles.